The summed E-state index contributed by atoms with van der Waals surface area (Å²) in [6, 6.07) is 12.7. The zero-order chi connectivity index (χ0) is 16.2. The molecular weight excluding hydrogens is 320 g/mol. The maximum atomic E-state index is 13.1. The maximum Gasteiger partial charge on any atom is 0.257 e. The van der Waals surface area contributed by atoms with Crippen molar-refractivity contribution in [2.24, 2.45) is 0 Å². The Morgan fingerprint density at radius 1 is 1.04 bits per heavy atom. The van der Waals surface area contributed by atoms with E-state index in [0.29, 0.717) is 11.6 Å². The van der Waals surface area contributed by atoms with Gasteiger partial charge in [-0.2, -0.15) is 0 Å². The lowest BCUT2D eigenvalue weighted by Crippen LogP contribution is -2.12. The van der Waals surface area contributed by atoms with Crippen LogP contribution in [0.3, 0.4) is 0 Å². The molecule has 0 radical (unpaired) electrons. The van der Waals surface area contributed by atoms with E-state index in [1.54, 1.807) is 0 Å². The lowest BCUT2D eigenvalue weighted by Gasteiger charge is -2.01. The molecule has 0 aliphatic rings. The molecule has 0 fully saturated rings. The van der Waals surface area contributed by atoms with Gasteiger partial charge in [0.1, 0.15) is 5.01 Å². The van der Waals surface area contributed by atoms with E-state index in [1.165, 1.54) is 17.4 Å². The van der Waals surface area contributed by atoms with Gasteiger partial charge in [0, 0.05) is 12.0 Å². The minimum absolute atomic E-state index is 0.0173. The van der Waals surface area contributed by atoms with Crippen LogP contribution in [0.5, 0.6) is 0 Å². The molecule has 1 amide bonds. The summed E-state index contributed by atoms with van der Waals surface area (Å²) in [5, 5.41) is 11.5. The third-order valence-electron chi connectivity index (χ3n) is 3.07. The van der Waals surface area contributed by atoms with Crippen LogP contribution in [0.25, 0.3) is 0 Å². The highest BCUT2D eigenvalue weighted by Gasteiger charge is 2.12. The minimum Gasteiger partial charge on any atom is -0.296 e. The van der Waals surface area contributed by atoms with Crippen molar-refractivity contribution >= 4 is 22.4 Å². The summed E-state index contributed by atoms with van der Waals surface area (Å²) in [5.41, 5.74) is 1.10. The molecule has 4 nitrogen and oxygen atoms in total. The zero-order valence-corrected chi connectivity index (χ0v) is 12.6. The van der Waals surface area contributed by atoms with Crippen LogP contribution in [0.2, 0.25) is 0 Å². The van der Waals surface area contributed by atoms with Gasteiger partial charge in [-0.1, -0.05) is 41.7 Å². The van der Waals surface area contributed by atoms with E-state index in [9.17, 15) is 13.6 Å². The Labute approximate surface area is 134 Å². The largest absolute Gasteiger partial charge is 0.296 e. The molecule has 23 heavy (non-hydrogen) atoms. The van der Waals surface area contributed by atoms with Gasteiger partial charge < -0.3 is 0 Å². The van der Waals surface area contributed by atoms with E-state index in [0.717, 1.165) is 22.7 Å². The lowest BCUT2D eigenvalue weighted by molar-refractivity contribution is 0.102. The topological polar surface area (TPSA) is 54.9 Å². The lowest BCUT2D eigenvalue weighted by atomic mass is 10.2. The fourth-order valence-electron chi connectivity index (χ4n) is 1.95. The molecule has 0 saturated carbocycles. The predicted molar refractivity (Wildman–Crippen MR) is 83.5 cm³/mol. The van der Waals surface area contributed by atoms with E-state index >= 15 is 0 Å². The van der Waals surface area contributed by atoms with Crippen LogP contribution in [0.1, 0.15) is 20.9 Å². The van der Waals surface area contributed by atoms with Gasteiger partial charge >= 0.3 is 0 Å². The SMILES string of the molecule is O=C(Nc1nnc(Cc2ccccc2)s1)c1ccc(F)c(F)c1. The molecule has 0 unspecified atom stereocenters. The number of rotatable bonds is 4. The monoisotopic (exact) mass is 331 g/mol. The van der Waals surface area contributed by atoms with Crippen molar-refractivity contribution in [2.45, 2.75) is 6.42 Å². The fourth-order valence-corrected chi connectivity index (χ4v) is 2.72. The Kier molecular flexibility index (Phi) is 4.38. The second kappa shape index (κ2) is 6.62. The summed E-state index contributed by atoms with van der Waals surface area (Å²) in [7, 11) is 0. The summed E-state index contributed by atoms with van der Waals surface area (Å²) in [5.74, 6) is -2.63. The molecule has 1 N–H and O–H groups in total. The first-order valence-corrected chi connectivity index (χ1v) is 7.56. The third-order valence-corrected chi connectivity index (χ3v) is 3.91. The molecule has 7 heteroatoms. The van der Waals surface area contributed by atoms with Crippen LogP contribution in [0, 0.1) is 11.6 Å². The van der Waals surface area contributed by atoms with Crippen molar-refractivity contribution in [3.05, 3.63) is 76.3 Å². The van der Waals surface area contributed by atoms with Gasteiger partial charge in [0.25, 0.3) is 5.91 Å². The van der Waals surface area contributed by atoms with E-state index in [4.69, 9.17) is 0 Å². The summed E-state index contributed by atoms with van der Waals surface area (Å²) < 4.78 is 26.0. The fraction of sp³-hybridized carbons (Fsp3) is 0.0625. The van der Waals surface area contributed by atoms with Crippen LogP contribution >= 0.6 is 11.3 Å². The average Bonchev–Trinajstić information content (AvgIpc) is 2.98. The first kappa shape index (κ1) is 15.2. The highest BCUT2D eigenvalue weighted by Crippen LogP contribution is 2.19. The van der Waals surface area contributed by atoms with Crippen molar-refractivity contribution in [1.82, 2.24) is 10.2 Å². The number of hydrogen-bond acceptors (Lipinski definition) is 4. The molecule has 0 bridgehead atoms. The van der Waals surface area contributed by atoms with Crippen LogP contribution in [-0.2, 0) is 6.42 Å². The molecule has 0 aliphatic carbocycles. The summed E-state index contributed by atoms with van der Waals surface area (Å²) >= 11 is 1.24. The highest BCUT2D eigenvalue weighted by atomic mass is 32.1. The second-order valence-corrected chi connectivity index (χ2v) is 5.81. The Hall–Kier alpha value is -2.67. The summed E-state index contributed by atoms with van der Waals surface area (Å²) in [4.78, 5) is 12.0. The molecule has 3 aromatic rings. The van der Waals surface area contributed by atoms with Crippen LogP contribution in [0.15, 0.2) is 48.5 Å². The summed E-state index contributed by atoms with van der Waals surface area (Å²) in [6.07, 6.45) is 0.611. The number of aromatic nitrogens is 2. The Bertz CT molecular complexity index is 836. The predicted octanol–water partition coefficient (Wildman–Crippen LogP) is 3.66. The van der Waals surface area contributed by atoms with E-state index in [2.05, 4.69) is 15.5 Å². The number of nitrogens with zero attached hydrogens (tertiary/aromatic N) is 2. The number of nitrogens with one attached hydrogen (secondary N) is 1. The third kappa shape index (κ3) is 3.75. The standard InChI is InChI=1S/C16H11F2N3OS/c17-12-7-6-11(9-13(12)18)15(22)19-16-21-20-14(23-16)8-10-4-2-1-3-5-10/h1-7,9H,8H2,(H,19,21,22). The molecule has 0 aliphatic heterocycles. The van der Waals surface area contributed by atoms with Gasteiger partial charge in [-0.05, 0) is 23.8 Å². The number of halogens is 2. The first-order chi connectivity index (χ1) is 11.1. The first-order valence-electron chi connectivity index (χ1n) is 6.74. The molecule has 1 aromatic heterocycles. The molecule has 1 heterocycles. The zero-order valence-electron chi connectivity index (χ0n) is 11.8. The summed E-state index contributed by atoms with van der Waals surface area (Å²) in [6.45, 7) is 0. The Balaban J connectivity index is 1.68. The quantitative estimate of drug-likeness (QED) is 0.794. The second-order valence-electron chi connectivity index (χ2n) is 4.75. The minimum atomic E-state index is -1.07. The average molecular weight is 331 g/mol. The van der Waals surface area contributed by atoms with Crippen molar-refractivity contribution in [3.63, 3.8) is 0 Å². The smallest absolute Gasteiger partial charge is 0.257 e. The van der Waals surface area contributed by atoms with Gasteiger partial charge in [-0.15, -0.1) is 10.2 Å². The van der Waals surface area contributed by atoms with Gasteiger partial charge in [-0.25, -0.2) is 8.78 Å². The number of carbonyl (C=O) groups excluding carboxylic acids is 1. The van der Waals surface area contributed by atoms with Crippen molar-refractivity contribution in [2.75, 3.05) is 5.32 Å². The molecule has 0 spiro atoms. The van der Waals surface area contributed by atoms with Gasteiger partial charge in [0.05, 0.1) is 0 Å². The van der Waals surface area contributed by atoms with Crippen molar-refractivity contribution < 1.29 is 13.6 Å². The molecule has 0 saturated heterocycles. The number of anilines is 1. The maximum absolute atomic E-state index is 13.1. The number of amides is 1. The van der Waals surface area contributed by atoms with E-state index in [-0.39, 0.29) is 5.56 Å². The Morgan fingerprint density at radius 3 is 2.57 bits per heavy atom. The highest BCUT2D eigenvalue weighted by molar-refractivity contribution is 7.15. The van der Waals surface area contributed by atoms with Crippen molar-refractivity contribution in [1.29, 1.82) is 0 Å². The number of carbonyl (C=O) groups is 1. The molecule has 3 rings (SSSR count). The van der Waals surface area contributed by atoms with E-state index < -0.39 is 17.5 Å². The Morgan fingerprint density at radius 2 is 1.83 bits per heavy atom. The van der Waals surface area contributed by atoms with Crippen LogP contribution < -0.4 is 5.32 Å². The van der Waals surface area contributed by atoms with Gasteiger partial charge in [0.15, 0.2) is 11.6 Å². The van der Waals surface area contributed by atoms with Crippen LogP contribution in [-0.4, -0.2) is 16.1 Å². The van der Waals surface area contributed by atoms with Crippen LogP contribution in [0.4, 0.5) is 13.9 Å². The van der Waals surface area contributed by atoms with Gasteiger partial charge in [0.2, 0.25) is 5.13 Å². The molecular formula is C16H11F2N3OS. The van der Waals surface area contributed by atoms with E-state index in [1.807, 2.05) is 30.3 Å². The molecule has 116 valence electrons. The van der Waals surface area contributed by atoms with Gasteiger partial charge in [-0.3, -0.25) is 10.1 Å². The number of hydrogen-bond donors (Lipinski definition) is 1. The normalized spacial score (nSPS) is 10.5. The van der Waals surface area contributed by atoms with Crippen molar-refractivity contribution in [3.8, 4) is 0 Å². The number of benzene rings is 2. The molecule has 2 aromatic carbocycles. The molecule has 0 atom stereocenters.